The van der Waals surface area contributed by atoms with Crippen molar-refractivity contribution in [1.82, 2.24) is 16.0 Å². The van der Waals surface area contributed by atoms with Gasteiger partial charge in [0, 0.05) is 13.5 Å². The van der Waals surface area contributed by atoms with Gasteiger partial charge in [-0.25, -0.2) is 4.79 Å². The molecule has 27 heavy (non-hydrogen) atoms. The number of aliphatic imine (C=N–C) groups is 1. The summed E-state index contributed by atoms with van der Waals surface area (Å²) in [7, 11) is 0. The quantitative estimate of drug-likeness (QED) is 0.0915. The molecule has 1 atom stereocenters. The maximum Gasteiger partial charge on any atom is 0.408 e. The molecule has 0 radical (unpaired) electrons. The molecule has 2 amide bonds. The first-order valence-corrected chi connectivity index (χ1v) is 9.62. The second kappa shape index (κ2) is 17.3. The molecular formula is C17H37N7O3. The molecule has 0 bridgehead atoms. The van der Waals surface area contributed by atoms with Crippen LogP contribution in [-0.4, -0.2) is 56.9 Å². The Morgan fingerprint density at radius 1 is 1.00 bits per heavy atom. The average molecular weight is 388 g/mol. The van der Waals surface area contributed by atoms with Crippen LogP contribution in [-0.2, 0) is 9.53 Å². The summed E-state index contributed by atoms with van der Waals surface area (Å²) in [5.41, 5.74) is 15.9. The molecule has 1 unspecified atom stereocenters. The van der Waals surface area contributed by atoms with Crippen molar-refractivity contribution in [2.75, 3.05) is 32.8 Å². The number of nitrogens with one attached hydrogen (secondary N) is 3. The fourth-order valence-corrected chi connectivity index (χ4v) is 2.32. The number of ether oxygens (including phenoxy) is 1. The van der Waals surface area contributed by atoms with Gasteiger partial charge >= 0.3 is 6.09 Å². The number of rotatable bonds is 16. The number of nitrogens with zero attached hydrogens (tertiary/aromatic N) is 1. The number of guanidine groups is 1. The van der Waals surface area contributed by atoms with Crippen LogP contribution in [0.15, 0.2) is 4.99 Å². The molecule has 10 heteroatoms. The smallest absolute Gasteiger partial charge is 0.408 e. The number of nitrogens with two attached hydrogens (primary N) is 3. The van der Waals surface area contributed by atoms with Crippen LogP contribution < -0.4 is 33.2 Å². The first kappa shape index (κ1) is 24.9. The lowest BCUT2D eigenvalue weighted by Crippen LogP contribution is -2.47. The molecule has 0 aromatic rings. The summed E-state index contributed by atoms with van der Waals surface area (Å²) in [5.74, 6) is -0.119. The molecule has 0 aliphatic rings. The van der Waals surface area contributed by atoms with E-state index in [-0.39, 0.29) is 11.9 Å². The molecule has 0 rings (SSSR count). The van der Waals surface area contributed by atoms with E-state index < -0.39 is 12.3 Å². The fraction of sp³-hybridized carbons (Fsp3) is 0.824. The summed E-state index contributed by atoms with van der Waals surface area (Å²) < 4.78 is 5.16. The maximum absolute atomic E-state index is 11.9. The molecular weight excluding hydrogens is 350 g/mol. The lowest BCUT2D eigenvalue weighted by atomic mass is 10.1. The molecule has 0 saturated carbocycles. The van der Waals surface area contributed by atoms with Crippen LogP contribution in [0.25, 0.3) is 0 Å². The van der Waals surface area contributed by atoms with Crippen LogP contribution in [0.3, 0.4) is 0 Å². The summed E-state index contributed by atoms with van der Waals surface area (Å²) in [6.45, 7) is 4.79. The molecule has 158 valence electrons. The van der Waals surface area contributed by atoms with Crippen molar-refractivity contribution in [3.8, 4) is 0 Å². The first-order valence-electron chi connectivity index (χ1n) is 9.62. The van der Waals surface area contributed by atoms with Gasteiger partial charge < -0.3 is 37.9 Å². The van der Waals surface area contributed by atoms with Gasteiger partial charge in [0.05, 0.1) is 6.61 Å². The highest BCUT2D eigenvalue weighted by Crippen LogP contribution is 2.03. The van der Waals surface area contributed by atoms with Crippen molar-refractivity contribution in [3.63, 3.8) is 0 Å². The molecule has 0 fully saturated rings. The second-order valence-electron chi connectivity index (χ2n) is 6.29. The van der Waals surface area contributed by atoms with Gasteiger partial charge in [-0.3, -0.25) is 9.79 Å². The summed E-state index contributed by atoms with van der Waals surface area (Å²) >= 11 is 0. The minimum absolute atomic E-state index is 0.0851. The van der Waals surface area contributed by atoms with Crippen LogP contribution in [0.2, 0.25) is 0 Å². The number of alkyl carbamates (subject to hydrolysis) is 1. The Morgan fingerprint density at radius 2 is 1.74 bits per heavy atom. The molecule has 0 aliphatic carbocycles. The number of hydrogen-bond acceptors (Lipinski definition) is 6. The van der Waals surface area contributed by atoms with Gasteiger partial charge in [-0.1, -0.05) is 6.42 Å². The van der Waals surface area contributed by atoms with Crippen LogP contribution in [0.4, 0.5) is 4.79 Å². The Hall–Kier alpha value is -2.07. The number of carbonyl (C=O) groups excluding carboxylic acids is 2. The van der Waals surface area contributed by atoms with E-state index in [9.17, 15) is 9.59 Å². The van der Waals surface area contributed by atoms with Gasteiger partial charge in [-0.05, 0) is 58.2 Å². The van der Waals surface area contributed by atoms with Gasteiger partial charge in [0.15, 0.2) is 5.96 Å². The molecule has 0 heterocycles. The van der Waals surface area contributed by atoms with Gasteiger partial charge in [-0.15, -0.1) is 0 Å². The predicted molar refractivity (Wildman–Crippen MR) is 107 cm³/mol. The largest absolute Gasteiger partial charge is 0.450 e. The summed E-state index contributed by atoms with van der Waals surface area (Å²) in [6.07, 6.45) is 4.84. The minimum atomic E-state index is -0.523. The fourth-order valence-electron chi connectivity index (χ4n) is 2.32. The van der Waals surface area contributed by atoms with Crippen molar-refractivity contribution >= 4 is 18.0 Å². The van der Waals surface area contributed by atoms with E-state index in [0.717, 1.165) is 51.6 Å². The zero-order chi connectivity index (χ0) is 20.3. The van der Waals surface area contributed by atoms with Gasteiger partial charge in [0.1, 0.15) is 6.17 Å². The van der Waals surface area contributed by atoms with Crippen LogP contribution in [0.1, 0.15) is 51.9 Å². The van der Waals surface area contributed by atoms with Crippen molar-refractivity contribution in [2.24, 2.45) is 22.2 Å². The third-order valence-corrected chi connectivity index (χ3v) is 3.65. The molecule has 0 aliphatic heterocycles. The summed E-state index contributed by atoms with van der Waals surface area (Å²) in [5, 5.41) is 8.66. The average Bonchev–Trinajstić information content (AvgIpc) is 2.59. The third-order valence-electron chi connectivity index (χ3n) is 3.65. The van der Waals surface area contributed by atoms with Crippen LogP contribution in [0, 0.1) is 0 Å². The van der Waals surface area contributed by atoms with E-state index in [1.807, 2.05) is 0 Å². The summed E-state index contributed by atoms with van der Waals surface area (Å²) in [4.78, 5) is 27.1. The standard InChI is InChI=1S/C17H37N7O3/c1-14(25)23-15(8-3-2-4-12-22-16(19)20)24-17(26)27-13-6-5-10-21-11-7-9-18/h15,21H,2-13,18H2,1H3,(H,23,25)(H,24,26)(H4,19,20,22). The Bertz CT molecular complexity index is 429. The Morgan fingerprint density at radius 3 is 2.41 bits per heavy atom. The van der Waals surface area contributed by atoms with Crippen molar-refractivity contribution in [2.45, 2.75) is 58.0 Å². The lowest BCUT2D eigenvalue weighted by Gasteiger charge is -2.19. The van der Waals surface area contributed by atoms with Crippen LogP contribution in [0.5, 0.6) is 0 Å². The Labute approximate surface area is 162 Å². The predicted octanol–water partition coefficient (Wildman–Crippen LogP) is -0.273. The van der Waals surface area contributed by atoms with Gasteiger partial charge in [0.2, 0.25) is 5.91 Å². The molecule has 10 nitrogen and oxygen atoms in total. The zero-order valence-corrected chi connectivity index (χ0v) is 16.5. The van der Waals surface area contributed by atoms with Crippen molar-refractivity contribution < 1.29 is 14.3 Å². The number of hydrogen-bond donors (Lipinski definition) is 6. The lowest BCUT2D eigenvalue weighted by molar-refractivity contribution is -0.119. The van der Waals surface area contributed by atoms with Gasteiger partial charge in [-0.2, -0.15) is 0 Å². The number of amides is 2. The summed E-state index contributed by atoms with van der Waals surface area (Å²) in [6, 6.07) is 0. The molecule has 0 aromatic carbocycles. The normalized spacial score (nSPS) is 11.5. The van der Waals surface area contributed by atoms with Crippen molar-refractivity contribution in [1.29, 1.82) is 0 Å². The topological polar surface area (TPSA) is 170 Å². The zero-order valence-electron chi connectivity index (χ0n) is 16.5. The Kier molecular flexibility index (Phi) is 16.0. The SMILES string of the molecule is CC(=O)NC(CCCCCN=C(N)N)NC(=O)OCCCCNCCCN. The first-order chi connectivity index (χ1) is 13.0. The van der Waals surface area contributed by atoms with E-state index in [1.165, 1.54) is 6.92 Å². The van der Waals surface area contributed by atoms with E-state index in [4.69, 9.17) is 21.9 Å². The highest BCUT2D eigenvalue weighted by molar-refractivity contribution is 5.75. The second-order valence-corrected chi connectivity index (χ2v) is 6.29. The number of carbonyl (C=O) groups is 2. The van der Waals surface area contributed by atoms with E-state index in [0.29, 0.717) is 26.1 Å². The van der Waals surface area contributed by atoms with Crippen LogP contribution >= 0.6 is 0 Å². The third kappa shape index (κ3) is 18.5. The molecule has 0 spiro atoms. The molecule has 9 N–H and O–H groups in total. The van der Waals surface area contributed by atoms with E-state index in [1.54, 1.807) is 0 Å². The van der Waals surface area contributed by atoms with E-state index in [2.05, 4.69) is 20.9 Å². The monoisotopic (exact) mass is 387 g/mol. The maximum atomic E-state index is 11.9. The minimum Gasteiger partial charge on any atom is -0.450 e. The highest BCUT2D eigenvalue weighted by atomic mass is 16.5. The molecule has 0 saturated heterocycles. The van der Waals surface area contributed by atoms with E-state index >= 15 is 0 Å². The Balaban J connectivity index is 3.87. The van der Waals surface area contributed by atoms with Gasteiger partial charge in [0.25, 0.3) is 0 Å². The molecule has 0 aromatic heterocycles. The highest BCUT2D eigenvalue weighted by Gasteiger charge is 2.13. The number of unbranched alkanes of at least 4 members (excludes halogenated alkanes) is 3. The van der Waals surface area contributed by atoms with Crippen molar-refractivity contribution in [3.05, 3.63) is 0 Å².